The van der Waals surface area contributed by atoms with Gasteiger partial charge in [0.15, 0.2) is 0 Å². The molecule has 1 aromatic rings. The summed E-state index contributed by atoms with van der Waals surface area (Å²) in [6.07, 6.45) is -3.89. The molecule has 0 saturated carbocycles. The summed E-state index contributed by atoms with van der Waals surface area (Å²) in [5, 5.41) is 6.47. The van der Waals surface area contributed by atoms with E-state index in [0.717, 1.165) is 4.57 Å². The van der Waals surface area contributed by atoms with Crippen LogP contribution in [0.25, 0.3) is 0 Å². The molecule has 4 nitrogen and oxygen atoms in total. The van der Waals surface area contributed by atoms with E-state index in [1.54, 1.807) is 6.92 Å². The number of nitrogens with two attached hydrogens (primary N) is 1. The van der Waals surface area contributed by atoms with Gasteiger partial charge >= 0.3 is 6.18 Å². The Kier molecular flexibility index (Phi) is 3.10. The molecule has 0 aliphatic rings. The Hall–Kier alpha value is -1.11. The lowest BCUT2D eigenvalue weighted by Gasteiger charge is -2.09. The fourth-order valence-corrected chi connectivity index (χ4v) is 1.15. The van der Waals surface area contributed by atoms with E-state index in [4.69, 9.17) is 5.73 Å². The summed E-state index contributed by atoms with van der Waals surface area (Å²) in [6, 6.07) is 0. The molecule has 1 rings (SSSR count). The number of nitrogens with zero attached hydrogens (tertiary/aromatic N) is 3. The second-order valence-corrected chi connectivity index (χ2v) is 2.79. The lowest BCUT2D eigenvalue weighted by atomic mass is 10.4. The first-order valence-electron chi connectivity index (χ1n) is 4.20. The van der Waals surface area contributed by atoms with Crippen LogP contribution in [0.15, 0.2) is 0 Å². The van der Waals surface area contributed by atoms with Crippen LogP contribution in [0.3, 0.4) is 0 Å². The second kappa shape index (κ2) is 3.95. The number of alkyl halides is 3. The van der Waals surface area contributed by atoms with Gasteiger partial charge in [-0.25, -0.2) is 0 Å². The molecule has 1 aromatic heterocycles. The summed E-state index contributed by atoms with van der Waals surface area (Å²) in [5.74, 6) is -0.807. The van der Waals surface area contributed by atoms with Crippen molar-refractivity contribution in [1.29, 1.82) is 0 Å². The van der Waals surface area contributed by atoms with Crippen molar-refractivity contribution in [2.24, 2.45) is 5.73 Å². The molecule has 0 aromatic carbocycles. The maximum absolute atomic E-state index is 12.4. The van der Waals surface area contributed by atoms with Crippen LogP contribution in [0.4, 0.5) is 13.2 Å². The minimum atomic E-state index is -4.46. The third-order valence-electron chi connectivity index (χ3n) is 1.71. The van der Waals surface area contributed by atoms with Gasteiger partial charge in [-0.05, 0) is 6.42 Å². The Labute approximate surface area is 78.9 Å². The van der Waals surface area contributed by atoms with Gasteiger partial charge in [0.25, 0.3) is 0 Å². The lowest BCUT2D eigenvalue weighted by molar-refractivity contribution is -0.147. The molecule has 0 bridgehead atoms. The van der Waals surface area contributed by atoms with E-state index in [2.05, 4.69) is 10.2 Å². The molecule has 0 aliphatic carbocycles. The molecule has 14 heavy (non-hydrogen) atoms. The predicted octanol–water partition coefficient (Wildman–Crippen LogP) is 1.17. The largest absolute Gasteiger partial charge is 0.451 e. The number of aromatic nitrogens is 3. The molecule has 0 aliphatic heterocycles. The van der Waals surface area contributed by atoms with E-state index < -0.39 is 12.0 Å². The minimum absolute atomic E-state index is 0.0386. The van der Waals surface area contributed by atoms with Crippen LogP contribution >= 0.6 is 0 Å². The highest BCUT2D eigenvalue weighted by atomic mass is 19.4. The Morgan fingerprint density at radius 3 is 2.43 bits per heavy atom. The van der Waals surface area contributed by atoms with Gasteiger partial charge < -0.3 is 10.3 Å². The first kappa shape index (κ1) is 11.0. The van der Waals surface area contributed by atoms with Crippen molar-refractivity contribution in [2.45, 2.75) is 32.6 Å². The smallest absolute Gasteiger partial charge is 0.324 e. The SMILES string of the molecule is CCCn1c(CN)nnc1C(F)(F)F. The highest BCUT2D eigenvalue weighted by Crippen LogP contribution is 2.28. The van der Waals surface area contributed by atoms with E-state index >= 15 is 0 Å². The van der Waals surface area contributed by atoms with Crippen LogP contribution in [0.1, 0.15) is 25.0 Å². The highest BCUT2D eigenvalue weighted by Gasteiger charge is 2.37. The average molecular weight is 208 g/mol. The van der Waals surface area contributed by atoms with Crippen molar-refractivity contribution in [3.8, 4) is 0 Å². The fourth-order valence-electron chi connectivity index (χ4n) is 1.15. The summed E-state index contributed by atoms with van der Waals surface area (Å²) in [7, 11) is 0. The number of hydrogen-bond donors (Lipinski definition) is 1. The van der Waals surface area contributed by atoms with E-state index in [1.165, 1.54) is 0 Å². The predicted molar refractivity (Wildman–Crippen MR) is 43.2 cm³/mol. The molecular formula is C7H11F3N4. The third kappa shape index (κ3) is 2.03. The number of halogens is 3. The molecule has 0 spiro atoms. The topological polar surface area (TPSA) is 56.7 Å². The van der Waals surface area contributed by atoms with Gasteiger partial charge in [-0.2, -0.15) is 13.2 Å². The Morgan fingerprint density at radius 2 is 2.00 bits per heavy atom. The molecule has 0 saturated heterocycles. The third-order valence-corrected chi connectivity index (χ3v) is 1.71. The molecule has 0 unspecified atom stereocenters. The van der Waals surface area contributed by atoms with Gasteiger partial charge in [-0.15, -0.1) is 10.2 Å². The molecule has 0 radical (unpaired) electrons. The molecule has 80 valence electrons. The van der Waals surface area contributed by atoms with Gasteiger partial charge in [0.2, 0.25) is 5.82 Å². The summed E-state index contributed by atoms with van der Waals surface area (Å²) >= 11 is 0. The van der Waals surface area contributed by atoms with Gasteiger partial charge in [-0.3, -0.25) is 0 Å². The summed E-state index contributed by atoms with van der Waals surface area (Å²) in [4.78, 5) is 0. The van der Waals surface area contributed by atoms with E-state index in [-0.39, 0.29) is 18.9 Å². The molecule has 7 heteroatoms. The summed E-state index contributed by atoms with van der Waals surface area (Å²) < 4.78 is 38.1. The monoisotopic (exact) mass is 208 g/mol. The van der Waals surface area contributed by atoms with Crippen molar-refractivity contribution in [3.63, 3.8) is 0 Å². The number of rotatable bonds is 3. The molecular weight excluding hydrogens is 197 g/mol. The average Bonchev–Trinajstić information content (AvgIpc) is 2.47. The lowest BCUT2D eigenvalue weighted by Crippen LogP contribution is -2.17. The Morgan fingerprint density at radius 1 is 1.36 bits per heavy atom. The van der Waals surface area contributed by atoms with Crippen molar-refractivity contribution >= 4 is 0 Å². The quantitative estimate of drug-likeness (QED) is 0.811. The maximum Gasteiger partial charge on any atom is 0.451 e. The van der Waals surface area contributed by atoms with Gasteiger partial charge in [-0.1, -0.05) is 6.92 Å². The molecule has 1 heterocycles. The fraction of sp³-hybridized carbons (Fsp3) is 0.714. The van der Waals surface area contributed by atoms with Crippen molar-refractivity contribution in [3.05, 3.63) is 11.6 Å². The van der Waals surface area contributed by atoms with Crippen LogP contribution in [-0.2, 0) is 19.3 Å². The maximum atomic E-state index is 12.4. The van der Waals surface area contributed by atoms with E-state index in [0.29, 0.717) is 6.42 Å². The second-order valence-electron chi connectivity index (χ2n) is 2.79. The summed E-state index contributed by atoms with van der Waals surface area (Å²) in [5.41, 5.74) is 5.25. The highest BCUT2D eigenvalue weighted by molar-refractivity contribution is 4.99. The van der Waals surface area contributed by atoms with Crippen molar-refractivity contribution in [1.82, 2.24) is 14.8 Å². The molecule has 2 N–H and O–H groups in total. The zero-order valence-corrected chi connectivity index (χ0v) is 7.67. The Bertz CT molecular complexity index is 304. The first-order valence-corrected chi connectivity index (χ1v) is 4.20. The van der Waals surface area contributed by atoms with Crippen LogP contribution < -0.4 is 5.73 Å². The van der Waals surface area contributed by atoms with Gasteiger partial charge in [0.1, 0.15) is 5.82 Å². The molecule has 0 amide bonds. The van der Waals surface area contributed by atoms with Gasteiger partial charge in [0, 0.05) is 6.54 Å². The zero-order chi connectivity index (χ0) is 10.8. The van der Waals surface area contributed by atoms with Crippen molar-refractivity contribution < 1.29 is 13.2 Å². The first-order chi connectivity index (χ1) is 6.50. The summed E-state index contributed by atoms with van der Waals surface area (Å²) in [6.45, 7) is 1.97. The van der Waals surface area contributed by atoms with Crippen molar-refractivity contribution in [2.75, 3.05) is 0 Å². The van der Waals surface area contributed by atoms with Crippen LogP contribution in [0.2, 0.25) is 0 Å². The standard InChI is InChI=1S/C7H11F3N4/c1-2-3-14-5(4-11)12-13-6(14)7(8,9)10/h2-4,11H2,1H3. The van der Waals surface area contributed by atoms with Crippen LogP contribution in [0, 0.1) is 0 Å². The molecule has 0 atom stereocenters. The zero-order valence-electron chi connectivity index (χ0n) is 7.67. The molecule has 0 fully saturated rings. The van der Waals surface area contributed by atoms with Gasteiger partial charge in [0.05, 0.1) is 6.54 Å². The van der Waals surface area contributed by atoms with E-state index in [9.17, 15) is 13.2 Å². The number of hydrogen-bond acceptors (Lipinski definition) is 3. The normalized spacial score (nSPS) is 12.1. The van der Waals surface area contributed by atoms with Crippen LogP contribution in [0.5, 0.6) is 0 Å². The Balaban J connectivity index is 3.10. The van der Waals surface area contributed by atoms with E-state index in [1.807, 2.05) is 0 Å². The van der Waals surface area contributed by atoms with Crippen LogP contribution in [-0.4, -0.2) is 14.8 Å². The minimum Gasteiger partial charge on any atom is -0.324 e.